The van der Waals surface area contributed by atoms with Crippen LogP contribution < -0.4 is 4.74 Å². The number of carbonyl (C=O) groups excluding carboxylic acids is 2. The van der Waals surface area contributed by atoms with Crippen molar-refractivity contribution in [3.63, 3.8) is 0 Å². The summed E-state index contributed by atoms with van der Waals surface area (Å²) in [7, 11) is 6.31. The van der Waals surface area contributed by atoms with Gasteiger partial charge in [-0.15, -0.1) is 4.68 Å². The third-order valence-corrected chi connectivity index (χ3v) is 1.92. The maximum atomic E-state index is 11.8. The normalized spacial score (nSPS) is 9.94. The van der Waals surface area contributed by atoms with Gasteiger partial charge in [0.15, 0.2) is 0 Å². The van der Waals surface area contributed by atoms with Gasteiger partial charge in [0.1, 0.15) is 0 Å². The molecule has 0 aliphatic rings. The fourth-order valence-electron chi connectivity index (χ4n) is 1.06. The van der Waals surface area contributed by atoms with Gasteiger partial charge < -0.3 is 14.5 Å². The Morgan fingerprint density at radius 1 is 1.24 bits per heavy atom. The highest BCUT2D eigenvalue weighted by Crippen LogP contribution is 2.14. The Hall–Kier alpha value is -2.05. The molecule has 1 heterocycles. The number of aryl methyl sites for hydroxylation is 1. The number of hydrogen-bond donors (Lipinski definition) is 0. The number of ether oxygens (including phenoxy) is 1. The Balaban J connectivity index is 3.00. The molecule has 0 unspecified atom stereocenters. The molecule has 94 valence electrons. The van der Waals surface area contributed by atoms with Gasteiger partial charge in [-0.2, -0.15) is 5.10 Å². The zero-order chi connectivity index (χ0) is 13.2. The van der Waals surface area contributed by atoms with Gasteiger partial charge in [0.25, 0.3) is 0 Å². The molecular weight excluding hydrogens is 224 g/mol. The van der Waals surface area contributed by atoms with E-state index in [1.807, 2.05) is 0 Å². The summed E-state index contributed by atoms with van der Waals surface area (Å²) in [6.45, 7) is 1.71. The van der Waals surface area contributed by atoms with Gasteiger partial charge in [-0.3, -0.25) is 0 Å². The fourth-order valence-corrected chi connectivity index (χ4v) is 1.06. The first-order valence-corrected chi connectivity index (χ1v) is 5.00. The molecule has 1 aromatic heterocycles. The van der Waals surface area contributed by atoms with Gasteiger partial charge in [-0.25, -0.2) is 9.59 Å². The molecule has 0 spiro atoms. The summed E-state index contributed by atoms with van der Waals surface area (Å²) in [5.41, 5.74) is 0.599. The molecule has 0 saturated heterocycles. The van der Waals surface area contributed by atoms with Crippen LogP contribution in [-0.2, 0) is 0 Å². The molecule has 0 aromatic carbocycles. The van der Waals surface area contributed by atoms with Crippen LogP contribution in [0.3, 0.4) is 0 Å². The predicted molar refractivity (Wildman–Crippen MR) is 61.2 cm³/mol. The van der Waals surface area contributed by atoms with Crippen molar-refractivity contribution in [1.82, 2.24) is 19.6 Å². The summed E-state index contributed by atoms with van der Waals surface area (Å²) in [4.78, 5) is 25.8. The van der Waals surface area contributed by atoms with Gasteiger partial charge in [0.05, 0.1) is 5.69 Å². The minimum absolute atomic E-state index is 0.111. The van der Waals surface area contributed by atoms with Crippen LogP contribution in [0.25, 0.3) is 0 Å². The van der Waals surface area contributed by atoms with Gasteiger partial charge in [0, 0.05) is 34.3 Å². The minimum atomic E-state index is -0.558. The Kier molecular flexibility index (Phi) is 3.72. The number of nitrogens with zero attached hydrogens (tertiary/aromatic N) is 4. The first kappa shape index (κ1) is 13.0. The molecule has 0 bridgehead atoms. The lowest BCUT2D eigenvalue weighted by molar-refractivity contribution is 0.166. The molecule has 17 heavy (non-hydrogen) atoms. The van der Waals surface area contributed by atoms with Crippen LogP contribution in [0.15, 0.2) is 6.07 Å². The molecule has 0 N–H and O–H groups in total. The molecule has 0 radical (unpaired) electrons. The number of aromatic nitrogens is 2. The van der Waals surface area contributed by atoms with Crippen LogP contribution in [0.4, 0.5) is 9.59 Å². The third-order valence-electron chi connectivity index (χ3n) is 1.92. The zero-order valence-electron chi connectivity index (χ0n) is 10.6. The van der Waals surface area contributed by atoms with Crippen LogP contribution in [0, 0.1) is 6.92 Å². The standard InChI is InChI=1S/C10H16N4O3/c1-7-6-8(17-10(16)13(4)5)14(11-7)9(15)12(2)3/h6H,1-5H3. The van der Waals surface area contributed by atoms with Crippen molar-refractivity contribution in [2.24, 2.45) is 0 Å². The number of carbonyl (C=O) groups is 2. The maximum Gasteiger partial charge on any atom is 0.416 e. The Morgan fingerprint density at radius 3 is 2.29 bits per heavy atom. The second-order valence-electron chi connectivity index (χ2n) is 3.98. The van der Waals surface area contributed by atoms with E-state index in [-0.39, 0.29) is 11.9 Å². The van der Waals surface area contributed by atoms with Crippen LogP contribution >= 0.6 is 0 Å². The van der Waals surface area contributed by atoms with Gasteiger partial charge >= 0.3 is 12.1 Å². The summed E-state index contributed by atoms with van der Waals surface area (Å²) in [5, 5.41) is 3.97. The van der Waals surface area contributed by atoms with E-state index in [1.165, 1.54) is 15.9 Å². The molecule has 0 fully saturated rings. The average Bonchev–Trinajstić information content (AvgIpc) is 2.57. The van der Waals surface area contributed by atoms with Crippen LogP contribution in [0.2, 0.25) is 0 Å². The first-order chi connectivity index (χ1) is 7.82. The Labute approximate surface area is 99.5 Å². The SMILES string of the molecule is Cc1cc(OC(=O)N(C)C)n(C(=O)N(C)C)n1. The zero-order valence-corrected chi connectivity index (χ0v) is 10.6. The van der Waals surface area contributed by atoms with E-state index < -0.39 is 6.09 Å². The second-order valence-corrected chi connectivity index (χ2v) is 3.98. The van der Waals surface area contributed by atoms with Gasteiger partial charge in [-0.1, -0.05) is 0 Å². The molecule has 0 atom stereocenters. The van der Waals surface area contributed by atoms with Gasteiger partial charge in [0.2, 0.25) is 5.88 Å². The Bertz CT molecular complexity index is 437. The molecule has 1 rings (SSSR count). The van der Waals surface area contributed by atoms with Crippen molar-refractivity contribution in [3.8, 4) is 5.88 Å². The van der Waals surface area contributed by atoms with Crippen molar-refractivity contribution in [3.05, 3.63) is 11.8 Å². The first-order valence-electron chi connectivity index (χ1n) is 5.00. The van der Waals surface area contributed by atoms with Crippen molar-refractivity contribution < 1.29 is 14.3 Å². The van der Waals surface area contributed by atoms with Crippen molar-refractivity contribution >= 4 is 12.1 Å². The summed E-state index contributed by atoms with van der Waals surface area (Å²) in [5.74, 6) is 0.111. The minimum Gasteiger partial charge on any atom is -0.391 e. The largest absolute Gasteiger partial charge is 0.416 e. The predicted octanol–water partition coefficient (Wildman–Crippen LogP) is 0.782. The number of amides is 2. The van der Waals surface area contributed by atoms with E-state index in [4.69, 9.17) is 4.74 Å². The molecule has 0 aliphatic heterocycles. The quantitative estimate of drug-likeness (QED) is 0.727. The van der Waals surface area contributed by atoms with E-state index in [0.717, 1.165) is 4.68 Å². The number of hydrogen-bond acceptors (Lipinski definition) is 4. The van der Waals surface area contributed by atoms with Gasteiger partial charge in [-0.05, 0) is 6.92 Å². The van der Waals surface area contributed by atoms with Crippen molar-refractivity contribution in [1.29, 1.82) is 0 Å². The lowest BCUT2D eigenvalue weighted by Crippen LogP contribution is -2.31. The van der Waals surface area contributed by atoms with Crippen LogP contribution in [-0.4, -0.2) is 59.9 Å². The van der Waals surface area contributed by atoms with E-state index in [9.17, 15) is 9.59 Å². The van der Waals surface area contributed by atoms with E-state index in [0.29, 0.717) is 5.69 Å². The highest BCUT2D eigenvalue weighted by molar-refractivity contribution is 5.78. The van der Waals surface area contributed by atoms with Crippen molar-refractivity contribution in [2.45, 2.75) is 6.92 Å². The molecule has 7 nitrogen and oxygen atoms in total. The smallest absolute Gasteiger partial charge is 0.391 e. The lowest BCUT2D eigenvalue weighted by Gasteiger charge is -2.13. The molecule has 2 amide bonds. The fraction of sp³-hybridized carbons (Fsp3) is 0.500. The lowest BCUT2D eigenvalue weighted by atomic mass is 10.5. The third kappa shape index (κ3) is 2.96. The molecule has 7 heteroatoms. The summed E-state index contributed by atoms with van der Waals surface area (Å²) in [6.07, 6.45) is -0.558. The maximum absolute atomic E-state index is 11.8. The van der Waals surface area contributed by atoms with E-state index in [1.54, 1.807) is 35.1 Å². The summed E-state index contributed by atoms with van der Waals surface area (Å²) >= 11 is 0. The molecule has 0 saturated carbocycles. The van der Waals surface area contributed by atoms with Crippen molar-refractivity contribution in [2.75, 3.05) is 28.2 Å². The average molecular weight is 240 g/mol. The highest BCUT2D eigenvalue weighted by atomic mass is 16.6. The monoisotopic (exact) mass is 240 g/mol. The summed E-state index contributed by atoms with van der Waals surface area (Å²) < 4.78 is 6.09. The second kappa shape index (κ2) is 4.86. The van der Waals surface area contributed by atoms with E-state index in [2.05, 4.69) is 5.10 Å². The highest BCUT2D eigenvalue weighted by Gasteiger charge is 2.18. The Morgan fingerprint density at radius 2 is 1.82 bits per heavy atom. The molecule has 1 aromatic rings. The number of rotatable bonds is 1. The van der Waals surface area contributed by atoms with Crippen LogP contribution in [0.5, 0.6) is 5.88 Å². The summed E-state index contributed by atoms with van der Waals surface area (Å²) in [6, 6.07) is 1.16. The topological polar surface area (TPSA) is 67.7 Å². The van der Waals surface area contributed by atoms with Crippen LogP contribution in [0.1, 0.15) is 5.69 Å². The molecular formula is C10H16N4O3. The molecule has 0 aliphatic carbocycles. The van der Waals surface area contributed by atoms with E-state index >= 15 is 0 Å².